The van der Waals surface area contributed by atoms with Gasteiger partial charge < -0.3 is 19.5 Å². The number of rotatable bonds is 7. The van der Waals surface area contributed by atoms with Gasteiger partial charge >= 0.3 is 0 Å². The van der Waals surface area contributed by atoms with Crippen LogP contribution in [0.2, 0.25) is 0 Å². The molecule has 0 aliphatic carbocycles. The van der Waals surface area contributed by atoms with Crippen LogP contribution in [0, 0.1) is 6.92 Å². The van der Waals surface area contributed by atoms with Gasteiger partial charge in [0.15, 0.2) is 11.5 Å². The molecular formula is C20H22N2O3. The quantitative estimate of drug-likeness (QED) is 0.650. The van der Waals surface area contributed by atoms with E-state index in [-0.39, 0.29) is 0 Å². The van der Waals surface area contributed by atoms with Gasteiger partial charge in [-0.2, -0.15) is 0 Å². The first-order valence-electron chi connectivity index (χ1n) is 8.13. The Kier molecular flexibility index (Phi) is 5.36. The van der Waals surface area contributed by atoms with Crippen molar-refractivity contribution in [2.75, 3.05) is 32.8 Å². The summed E-state index contributed by atoms with van der Waals surface area (Å²) in [6.45, 7) is 3.05. The zero-order valence-corrected chi connectivity index (χ0v) is 14.7. The van der Waals surface area contributed by atoms with Crippen LogP contribution in [-0.4, -0.2) is 32.4 Å². The van der Waals surface area contributed by atoms with Gasteiger partial charge in [-0.05, 0) is 36.8 Å². The Bertz CT molecular complexity index is 865. The molecule has 1 heterocycles. The molecule has 0 aliphatic heterocycles. The lowest BCUT2D eigenvalue weighted by Crippen LogP contribution is -2.05. The van der Waals surface area contributed by atoms with E-state index in [0.29, 0.717) is 24.7 Å². The number of pyridine rings is 1. The van der Waals surface area contributed by atoms with Crippen LogP contribution in [0.25, 0.3) is 10.9 Å². The molecular weight excluding hydrogens is 316 g/mol. The topological polar surface area (TPSA) is 52.6 Å². The van der Waals surface area contributed by atoms with Gasteiger partial charge in [-0.1, -0.05) is 12.1 Å². The maximum atomic E-state index is 5.80. The molecule has 25 heavy (non-hydrogen) atoms. The molecule has 3 rings (SSSR count). The maximum absolute atomic E-state index is 5.80. The number of hydrogen-bond donors (Lipinski definition) is 1. The smallest absolute Gasteiger partial charge is 0.162 e. The first-order chi connectivity index (χ1) is 12.2. The van der Waals surface area contributed by atoms with Crippen LogP contribution in [-0.2, 0) is 4.74 Å². The summed E-state index contributed by atoms with van der Waals surface area (Å²) in [7, 11) is 3.27. The second-order valence-corrected chi connectivity index (χ2v) is 5.71. The van der Waals surface area contributed by atoms with E-state index in [0.717, 1.165) is 22.3 Å². The van der Waals surface area contributed by atoms with E-state index < -0.39 is 0 Å². The molecule has 1 N–H and O–H groups in total. The molecule has 130 valence electrons. The third-order valence-electron chi connectivity index (χ3n) is 3.87. The standard InChI is InChI=1S/C20H22N2O3/c1-14-5-4-6-15(11-14)22-17-7-8-21-18-13-19(24-3)20(12-16(17)18)25-10-9-23-2/h4-8,11-13H,9-10H2,1-3H3,(H,21,22). The molecule has 0 saturated carbocycles. The van der Waals surface area contributed by atoms with Crippen LogP contribution in [0.1, 0.15) is 5.56 Å². The van der Waals surface area contributed by atoms with Gasteiger partial charge in [0.05, 0.1) is 19.2 Å². The largest absolute Gasteiger partial charge is 0.493 e. The highest BCUT2D eigenvalue weighted by molar-refractivity contribution is 5.95. The lowest BCUT2D eigenvalue weighted by molar-refractivity contribution is 0.144. The summed E-state index contributed by atoms with van der Waals surface area (Å²) in [4.78, 5) is 4.45. The number of ether oxygens (including phenoxy) is 3. The molecule has 0 fully saturated rings. The zero-order chi connectivity index (χ0) is 17.6. The number of nitrogens with zero attached hydrogens (tertiary/aromatic N) is 1. The van der Waals surface area contributed by atoms with Crippen LogP contribution in [0.3, 0.4) is 0 Å². The number of hydrogen-bond acceptors (Lipinski definition) is 5. The lowest BCUT2D eigenvalue weighted by Gasteiger charge is -2.14. The van der Waals surface area contributed by atoms with E-state index in [1.54, 1.807) is 20.4 Å². The first kappa shape index (κ1) is 17.0. The highest BCUT2D eigenvalue weighted by Crippen LogP contribution is 2.35. The molecule has 5 heteroatoms. The SMILES string of the molecule is COCCOc1cc2c(Nc3cccc(C)c3)ccnc2cc1OC. The predicted molar refractivity (Wildman–Crippen MR) is 100 cm³/mol. The Morgan fingerprint density at radius 2 is 1.88 bits per heavy atom. The molecule has 0 unspecified atom stereocenters. The van der Waals surface area contributed by atoms with Crippen molar-refractivity contribution in [2.24, 2.45) is 0 Å². The van der Waals surface area contributed by atoms with Crippen LogP contribution in [0.15, 0.2) is 48.7 Å². The number of anilines is 2. The van der Waals surface area contributed by atoms with Crippen molar-refractivity contribution in [2.45, 2.75) is 6.92 Å². The summed E-state index contributed by atoms with van der Waals surface area (Å²) in [6.07, 6.45) is 1.78. The van der Waals surface area contributed by atoms with Crippen LogP contribution in [0.5, 0.6) is 11.5 Å². The average molecular weight is 338 g/mol. The highest BCUT2D eigenvalue weighted by Gasteiger charge is 2.11. The molecule has 1 aromatic heterocycles. The summed E-state index contributed by atoms with van der Waals surface area (Å²) in [5.41, 5.74) is 4.04. The van der Waals surface area contributed by atoms with Crippen molar-refractivity contribution < 1.29 is 14.2 Å². The Morgan fingerprint density at radius 1 is 1.00 bits per heavy atom. The van der Waals surface area contributed by atoms with Crippen molar-refractivity contribution in [3.05, 3.63) is 54.2 Å². The first-order valence-corrected chi connectivity index (χ1v) is 8.13. The number of methoxy groups -OCH3 is 2. The Labute approximate surface area is 147 Å². The fraction of sp³-hybridized carbons (Fsp3) is 0.250. The van der Waals surface area contributed by atoms with Gasteiger partial charge in [0, 0.05) is 36.1 Å². The van der Waals surface area contributed by atoms with Gasteiger partial charge in [-0.25, -0.2) is 0 Å². The molecule has 2 aromatic carbocycles. The summed E-state index contributed by atoms with van der Waals surface area (Å²) >= 11 is 0. The second-order valence-electron chi connectivity index (χ2n) is 5.71. The van der Waals surface area contributed by atoms with Crippen molar-refractivity contribution in [3.63, 3.8) is 0 Å². The molecule has 0 amide bonds. The van der Waals surface area contributed by atoms with Crippen LogP contribution in [0.4, 0.5) is 11.4 Å². The van der Waals surface area contributed by atoms with Crippen molar-refractivity contribution >= 4 is 22.3 Å². The van der Waals surface area contributed by atoms with Crippen LogP contribution < -0.4 is 14.8 Å². The Balaban J connectivity index is 1.99. The lowest BCUT2D eigenvalue weighted by atomic mass is 10.1. The summed E-state index contributed by atoms with van der Waals surface area (Å²) in [6, 6.07) is 14.0. The fourth-order valence-electron chi connectivity index (χ4n) is 2.65. The molecule has 5 nitrogen and oxygen atoms in total. The van der Waals surface area contributed by atoms with E-state index in [1.807, 2.05) is 30.3 Å². The van der Waals surface area contributed by atoms with Gasteiger partial charge in [0.25, 0.3) is 0 Å². The summed E-state index contributed by atoms with van der Waals surface area (Å²) in [5, 5.41) is 4.43. The predicted octanol–water partition coefficient (Wildman–Crippen LogP) is 4.32. The fourth-order valence-corrected chi connectivity index (χ4v) is 2.65. The number of fused-ring (bicyclic) bond motifs is 1. The second kappa shape index (κ2) is 7.85. The van der Waals surface area contributed by atoms with E-state index in [1.165, 1.54) is 5.56 Å². The van der Waals surface area contributed by atoms with Gasteiger partial charge in [0.1, 0.15) is 6.61 Å². The molecule has 0 bridgehead atoms. The Morgan fingerprint density at radius 3 is 2.64 bits per heavy atom. The molecule has 0 atom stereocenters. The zero-order valence-electron chi connectivity index (χ0n) is 14.7. The number of nitrogens with one attached hydrogen (secondary N) is 1. The monoisotopic (exact) mass is 338 g/mol. The van der Waals surface area contributed by atoms with E-state index >= 15 is 0 Å². The van der Waals surface area contributed by atoms with Crippen molar-refractivity contribution in [3.8, 4) is 11.5 Å². The highest BCUT2D eigenvalue weighted by atomic mass is 16.5. The molecule has 3 aromatic rings. The minimum atomic E-state index is 0.458. The minimum absolute atomic E-state index is 0.458. The summed E-state index contributed by atoms with van der Waals surface area (Å²) in [5.74, 6) is 1.33. The maximum Gasteiger partial charge on any atom is 0.162 e. The minimum Gasteiger partial charge on any atom is -0.493 e. The molecule has 0 radical (unpaired) electrons. The number of aryl methyl sites for hydroxylation is 1. The number of aromatic nitrogens is 1. The molecule has 0 spiro atoms. The average Bonchev–Trinajstić information content (AvgIpc) is 2.62. The summed E-state index contributed by atoms with van der Waals surface area (Å²) < 4.78 is 16.3. The normalized spacial score (nSPS) is 10.7. The van der Waals surface area contributed by atoms with Crippen molar-refractivity contribution in [1.82, 2.24) is 4.98 Å². The van der Waals surface area contributed by atoms with Gasteiger partial charge in [-0.3, -0.25) is 4.98 Å². The Hall–Kier alpha value is -2.79. The molecule has 0 aliphatic rings. The third kappa shape index (κ3) is 4.00. The third-order valence-corrected chi connectivity index (χ3v) is 3.87. The van der Waals surface area contributed by atoms with Crippen LogP contribution >= 0.6 is 0 Å². The van der Waals surface area contributed by atoms with E-state index in [4.69, 9.17) is 14.2 Å². The molecule has 0 saturated heterocycles. The van der Waals surface area contributed by atoms with E-state index in [9.17, 15) is 0 Å². The van der Waals surface area contributed by atoms with Gasteiger partial charge in [-0.15, -0.1) is 0 Å². The van der Waals surface area contributed by atoms with Gasteiger partial charge in [0.2, 0.25) is 0 Å². The number of benzene rings is 2. The van der Waals surface area contributed by atoms with Crippen molar-refractivity contribution in [1.29, 1.82) is 0 Å². The van der Waals surface area contributed by atoms with E-state index in [2.05, 4.69) is 29.4 Å².